The number of carbonyl (C=O) groups is 1. The van der Waals surface area contributed by atoms with Gasteiger partial charge in [0.15, 0.2) is 0 Å². The first-order chi connectivity index (χ1) is 11.4. The molecule has 0 aliphatic rings. The molecule has 2 aromatic carbocycles. The molecule has 0 saturated carbocycles. The molecule has 0 aliphatic carbocycles. The number of nitriles is 1. The van der Waals surface area contributed by atoms with E-state index in [1.165, 1.54) is 30.3 Å². The molecular weight excluding hydrogens is 330 g/mol. The molecule has 124 valence electrons. The molecule has 0 amide bonds. The lowest BCUT2D eigenvalue weighted by atomic mass is 10.2. The number of carboxylic acids is 1. The predicted octanol–water partition coefficient (Wildman–Crippen LogP) is 2.49. The van der Waals surface area contributed by atoms with Crippen LogP contribution in [-0.2, 0) is 10.0 Å². The first kappa shape index (κ1) is 17.3. The molecule has 0 aliphatic heterocycles. The third-order valence-corrected chi connectivity index (χ3v) is 4.55. The molecule has 0 saturated heterocycles. The van der Waals surface area contributed by atoms with Crippen molar-refractivity contribution in [3.05, 3.63) is 53.6 Å². The van der Waals surface area contributed by atoms with Crippen molar-refractivity contribution in [1.29, 1.82) is 5.26 Å². The summed E-state index contributed by atoms with van der Waals surface area (Å²) in [6, 6.07) is 11.4. The Balaban J connectivity index is 2.38. The van der Waals surface area contributed by atoms with Crippen LogP contribution in [0.1, 0.15) is 22.8 Å². The summed E-state index contributed by atoms with van der Waals surface area (Å²) in [6.07, 6.45) is 0. The zero-order valence-corrected chi connectivity index (χ0v) is 13.6. The molecule has 0 bridgehead atoms. The number of anilines is 2. The Morgan fingerprint density at radius 1 is 1.17 bits per heavy atom. The summed E-state index contributed by atoms with van der Waals surface area (Å²) >= 11 is 0. The van der Waals surface area contributed by atoms with Crippen molar-refractivity contribution < 1.29 is 18.3 Å². The Morgan fingerprint density at radius 3 is 2.38 bits per heavy atom. The van der Waals surface area contributed by atoms with Gasteiger partial charge in [-0.25, -0.2) is 13.2 Å². The molecule has 7 nitrogen and oxygen atoms in total. The number of nitrogens with one attached hydrogen (secondary N) is 2. The fraction of sp³-hybridized carbons (Fsp3) is 0.125. The lowest BCUT2D eigenvalue weighted by Gasteiger charge is -2.14. The van der Waals surface area contributed by atoms with E-state index in [-0.39, 0.29) is 16.1 Å². The molecule has 0 aromatic heterocycles. The van der Waals surface area contributed by atoms with Crippen LogP contribution in [0, 0.1) is 11.3 Å². The van der Waals surface area contributed by atoms with Crippen LogP contribution in [-0.4, -0.2) is 26.0 Å². The van der Waals surface area contributed by atoms with E-state index in [1.54, 1.807) is 12.1 Å². The zero-order valence-electron chi connectivity index (χ0n) is 12.8. The molecule has 3 N–H and O–H groups in total. The number of hydrogen-bond donors (Lipinski definition) is 3. The Kier molecular flexibility index (Phi) is 5.06. The second kappa shape index (κ2) is 7.02. The summed E-state index contributed by atoms with van der Waals surface area (Å²) < 4.78 is 27.4. The molecule has 2 aromatic rings. The van der Waals surface area contributed by atoms with Gasteiger partial charge < -0.3 is 10.4 Å². The molecule has 0 fully saturated rings. The van der Waals surface area contributed by atoms with E-state index in [1.807, 2.05) is 13.0 Å². The predicted molar refractivity (Wildman–Crippen MR) is 89.5 cm³/mol. The van der Waals surface area contributed by atoms with Crippen molar-refractivity contribution in [1.82, 2.24) is 0 Å². The van der Waals surface area contributed by atoms with Crippen LogP contribution in [0.2, 0.25) is 0 Å². The van der Waals surface area contributed by atoms with Crippen molar-refractivity contribution in [2.75, 3.05) is 16.6 Å². The molecular formula is C16H15N3O4S. The van der Waals surface area contributed by atoms with Crippen LogP contribution in [0.4, 0.5) is 11.4 Å². The molecule has 8 heteroatoms. The number of nitrogens with zero attached hydrogens (tertiary/aromatic N) is 1. The standard InChI is InChI=1S/C16H15N3O4S/c1-2-18-14-8-3-11(10-17)9-15(14)19-24(22,23)13-6-4-12(5-7-13)16(20)21/h3-9,18-19H,2H2,1H3,(H,20,21). The van der Waals surface area contributed by atoms with E-state index in [9.17, 15) is 13.2 Å². The van der Waals surface area contributed by atoms with Crippen LogP contribution >= 0.6 is 0 Å². The Morgan fingerprint density at radius 2 is 1.83 bits per heavy atom. The van der Waals surface area contributed by atoms with Crippen LogP contribution in [0.15, 0.2) is 47.4 Å². The van der Waals surface area contributed by atoms with Gasteiger partial charge in [0, 0.05) is 6.54 Å². The lowest BCUT2D eigenvalue weighted by Crippen LogP contribution is -2.15. The second-order valence-electron chi connectivity index (χ2n) is 4.84. The first-order valence-corrected chi connectivity index (χ1v) is 8.50. The Hall–Kier alpha value is -3.05. The van der Waals surface area contributed by atoms with Gasteiger partial charge in [-0.3, -0.25) is 4.72 Å². The molecule has 0 spiro atoms. The van der Waals surface area contributed by atoms with Gasteiger partial charge in [0.1, 0.15) is 0 Å². The van der Waals surface area contributed by atoms with Gasteiger partial charge in [-0.1, -0.05) is 0 Å². The monoisotopic (exact) mass is 345 g/mol. The highest BCUT2D eigenvalue weighted by Crippen LogP contribution is 2.26. The highest BCUT2D eigenvalue weighted by Gasteiger charge is 2.17. The van der Waals surface area contributed by atoms with Crippen LogP contribution in [0.3, 0.4) is 0 Å². The topological polar surface area (TPSA) is 119 Å². The minimum absolute atomic E-state index is 0.00577. The Bertz CT molecular complexity index is 900. The maximum absolute atomic E-state index is 12.5. The lowest BCUT2D eigenvalue weighted by molar-refractivity contribution is 0.0696. The average molecular weight is 345 g/mol. The minimum Gasteiger partial charge on any atom is -0.478 e. The van der Waals surface area contributed by atoms with E-state index in [0.29, 0.717) is 17.8 Å². The number of benzene rings is 2. The van der Waals surface area contributed by atoms with Gasteiger partial charge in [-0.2, -0.15) is 5.26 Å². The van der Waals surface area contributed by atoms with Crippen LogP contribution in [0.25, 0.3) is 0 Å². The van der Waals surface area contributed by atoms with Crippen molar-refractivity contribution in [3.8, 4) is 6.07 Å². The summed E-state index contributed by atoms with van der Waals surface area (Å²) in [7, 11) is -3.91. The van der Waals surface area contributed by atoms with E-state index in [2.05, 4.69) is 10.0 Å². The third-order valence-electron chi connectivity index (χ3n) is 3.17. The second-order valence-corrected chi connectivity index (χ2v) is 6.52. The van der Waals surface area contributed by atoms with Crippen molar-refractivity contribution in [2.24, 2.45) is 0 Å². The highest BCUT2D eigenvalue weighted by atomic mass is 32.2. The van der Waals surface area contributed by atoms with Crippen molar-refractivity contribution in [3.63, 3.8) is 0 Å². The normalized spacial score (nSPS) is 10.7. The summed E-state index contributed by atoms with van der Waals surface area (Å²) in [6.45, 7) is 2.44. The van der Waals surface area contributed by atoms with Gasteiger partial charge in [0.25, 0.3) is 10.0 Å². The van der Waals surface area contributed by atoms with E-state index in [4.69, 9.17) is 10.4 Å². The van der Waals surface area contributed by atoms with Crippen LogP contribution < -0.4 is 10.0 Å². The summed E-state index contributed by atoms with van der Waals surface area (Å²) in [5, 5.41) is 20.9. The van der Waals surface area contributed by atoms with Gasteiger partial charge in [0.2, 0.25) is 0 Å². The van der Waals surface area contributed by atoms with Gasteiger partial charge in [-0.15, -0.1) is 0 Å². The maximum atomic E-state index is 12.5. The summed E-state index contributed by atoms with van der Waals surface area (Å²) in [4.78, 5) is 10.8. The van der Waals surface area contributed by atoms with E-state index < -0.39 is 16.0 Å². The van der Waals surface area contributed by atoms with Crippen molar-refractivity contribution in [2.45, 2.75) is 11.8 Å². The fourth-order valence-electron chi connectivity index (χ4n) is 2.02. The number of aromatic carboxylic acids is 1. The number of rotatable bonds is 6. The zero-order chi connectivity index (χ0) is 17.7. The molecule has 2 rings (SSSR count). The number of sulfonamides is 1. The van der Waals surface area contributed by atoms with Gasteiger partial charge >= 0.3 is 5.97 Å². The van der Waals surface area contributed by atoms with E-state index in [0.717, 1.165) is 0 Å². The van der Waals surface area contributed by atoms with Gasteiger partial charge in [-0.05, 0) is 49.4 Å². The minimum atomic E-state index is -3.91. The maximum Gasteiger partial charge on any atom is 0.335 e. The highest BCUT2D eigenvalue weighted by molar-refractivity contribution is 7.92. The fourth-order valence-corrected chi connectivity index (χ4v) is 3.09. The Labute approximate surface area is 139 Å². The molecule has 0 unspecified atom stereocenters. The molecule has 0 radical (unpaired) electrons. The number of carboxylic acid groups (broad SMARTS) is 1. The quantitative estimate of drug-likeness (QED) is 0.740. The number of hydrogen-bond acceptors (Lipinski definition) is 5. The van der Waals surface area contributed by atoms with Crippen molar-refractivity contribution >= 4 is 27.4 Å². The SMILES string of the molecule is CCNc1ccc(C#N)cc1NS(=O)(=O)c1ccc(C(=O)O)cc1. The summed E-state index contributed by atoms with van der Waals surface area (Å²) in [5.41, 5.74) is 1.10. The van der Waals surface area contributed by atoms with E-state index >= 15 is 0 Å². The first-order valence-electron chi connectivity index (χ1n) is 7.01. The molecule has 0 heterocycles. The largest absolute Gasteiger partial charge is 0.478 e. The molecule has 0 atom stereocenters. The third kappa shape index (κ3) is 3.83. The summed E-state index contributed by atoms with van der Waals surface area (Å²) in [5.74, 6) is -1.14. The average Bonchev–Trinajstić information content (AvgIpc) is 2.56. The smallest absolute Gasteiger partial charge is 0.335 e. The van der Waals surface area contributed by atoms with Gasteiger partial charge in [0.05, 0.1) is 33.5 Å². The molecule has 24 heavy (non-hydrogen) atoms. The van der Waals surface area contributed by atoms with Crippen LogP contribution in [0.5, 0.6) is 0 Å².